The number of thioether (sulfide) groups is 1. The standard InChI is InChI=1S/C18H22N2O3S2/c1-4-13-8-6-7-12(3)17(13)20-15(21)11-25-18-19-14(10-24-18)9-16(22)23-5-2/h6-8,10H,4-5,9,11H2,1-3H3,(H,20,21). The van der Waals surface area contributed by atoms with E-state index in [9.17, 15) is 9.59 Å². The normalized spacial score (nSPS) is 10.5. The van der Waals surface area contributed by atoms with Gasteiger partial charge in [0, 0.05) is 11.1 Å². The molecule has 1 heterocycles. The minimum atomic E-state index is -0.284. The van der Waals surface area contributed by atoms with Crippen LogP contribution in [0.2, 0.25) is 0 Å². The van der Waals surface area contributed by atoms with Gasteiger partial charge in [-0.2, -0.15) is 0 Å². The fourth-order valence-corrected chi connectivity index (χ4v) is 3.95. The van der Waals surface area contributed by atoms with Crippen molar-refractivity contribution in [3.05, 3.63) is 40.4 Å². The first-order valence-electron chi connectivity index (χ1n) is 8.14. The summed E-state index contributed by atoms with van der Waals surface area (Å²) >= 11 is 2.80. The number of thiazole rings is 1. The van der Waals surface area contributed by atoms with Crippen LogP contribution in [-0.4, -0.2) is 29.2 Å². The molecule has 5 nitrogen and oxygen atoms in total. The molecule has 0 aliphatic carbocycles. The molecule has 0 aliphatic heterocycles. The molecule has 7 heteroatoms. The number of aryl methyl sites for hydroxylation is 2. The van der Waals surface area contributed by atoms with Gasteiger partial charge >= 0.3 is 5.97 Å². The molecule has 0 radical (unpaired) electrons. The topological polar surface area (TPSA) is 68.3 Å². The van der Waals surface area contributed by atoms with E-state index >= 15 is 0 Å². The highest BCUT2D eigenvalue weighted by atomic mass is 32.2. The zero-order valence-corrected chi connectivity index (χ0v) is 16.3. The van der Waals surface area contributed by atoms with Crippen molar-refractivity contribution in [1.29, 1.82) is 0 Å². The van der Waals surface area contributed by atoms with Crippen LogP contribution in [0.15, 0.2) is 27.9 Å². The van der Waals surface area contributed by atoms with Crippen molar-refractivity contribution in [3.63, 3.8) is 0 Å². The number of nitrogens with one attached hydrogen (secondary N) is 1. The number of amides is 1. The van der Waals surface area contributed by atoms with Crippen molar-refractivity contribution in [2.45, 2.75) is 38.0 Å². The van der Waals surface area contributed by atoms with E-state index in [1.807, 2.05) is 30.5 Å². The molecule has 0 saturated carbocycles. The summed E-state index contributed by atoms with van der Waals surface area (Å²) in [5.41, 5.74) is 3.77. The van der Waals surface area contributed by atoms with Crippen LogP contribution in [0.3, 0.4) is 0 Å². The fourth-order valence-electron chi connectivity index (χ4n) is 2.30. The van der Waals surface area contributed by atoms with Crippen LogP contribution >= 0.6 is 23.1 Å². The molecule has 0 bridgehead atoms. The van der Waals surface area contributed by atoms with Gasteiger partial charge in [0.2, 0.25) is 5.91 Å². The Bertz CT molecular complexity index is 744. The molecule has 0 saturated heterocycles. The maximum absolute atomic E-state index is 12.2. The molecule has 2 rings (SSSR count). The van der Waals surface area contributed by atoms with Crippen LogP contribution in [0, 0.1) is 6.92 Å². The number of hydrogen-bond acceptors (Lipinski definition) is 6. The molecule has 1 N–H and O–H groups in total. The number of carbonyl (C=O) groups is 2. The van der Waals surface area contributed by atoms with E-state index in [0.29, 0.717) is 12.3 Å². The number of hydrogen-bond donors (Lipinski definition) is 1. The van der Waals surface area contributed by atoms with E-state index in [2.05, 4.69) is 17.2 Å². The summed E-state index contributed by atoms with van der Waals surface area (Å²) in [6, 6.07) is 6.02. The Morgan fingerprint density at radius 2 is 2.12 bits per heavy atom. The minimum absolute atomic E-state index is 0.0591. The van der Waals surface area contributed by atoms with Gasteiger partial charge in [0.25, 0.3) is 0 Å². The van der Waals surface area contributed by atoms with E-state index in [-0.39, 0.29) is 24.1 Å². The molecule has 0 unspecified atom stereocenters. The Labute approximate surface area is 156 Å². The van der Waals surface area contributed by atoms with Gasteiger partial charge in [-0.15, -0.1) is 11.3 Å². The maximum Gasteiger partial charge on any atom is 0.311 e. The Morgan fingerprint density at radius 3 is 2.84 bits per heavy atom. The summed E-state index contributed by atoms with van der Waals surface area (Å²) in [6.07, 6.45) is 1.04. The number of aromatic nitrogens is 1. The van der Waals surface area contributed by atoms with Crippen LogP contribution in [0.1, 0.15) is 30.7 Å². The lowest BCUT2D eigenvalue weighted by Gasteiger charge is -2.12. The predicted octanol–water partition coefficient (Wildman–Crippen LogP) is 3.85. The molecule has 0 atom stereocenters. The summed E-state index contributed by atoms with van der Waals surface area (Å²) in [5.74, 6) is -0.0611. The van der Waals surface area contributed by atoms with Gasteiger partial charge < -0.3 is 10.1 Å². The van der Waals surface area contributed by atoms with Crippen molar-refractivity contribution < 1.29 is 14.3 Å². The maximum atomic E-state index is 12.2. The van der Waals surface area contributed by atoms with Gasteiger partial charge in [-0.3, -0.25) is 9.59 Å². The van der Waals surface area contributed by atoms with Crippen molar-refractivity contribution in [2.75, 3.05) is 17.7 Å². The predicted molar refractivity (Wildman–Crippen MR) is 102 cm³/mol. The lowest BCUT2D eigenvalue weighted by atomic mass is 10.1. The smallest absolute Gasteiger partial charge is 0.311 e. The number of anilines is 1. The largest absolute Gasteiger partial charge is 0.466 e. The van der Waals surface area contributed by atoms with E-state index in [1.54, 1.807) is 6.92 Å². The summed E-state index contributed by atoms with van der Waals surface area (Å²) in [5, 5.41) is 4.83. The first-order chi connectivity index (χ1) is 12.0. The molecule has 0 aliphatic rings. The number of rotatable bonds is 8. The number of ether oxygens (including phenoxy) is 1. The molecule has 2 aromatic rings. The molecule has 25 heavy (non-hydrogen) atoms. The molecular weight excluding hydrogens is 356 g/mol. The number of benzene rings is 1. The van der Waals surface area contributed by atoms with E-state index in [0.717, 1.165) is 27.6 Å². The summed E-state index contributed by atoms with van der Waals surface area (Å²) in [7, 11) is 0. The highest BCUT2D eigenvalue weighted by molar-refractivity contribution is 8.01. The number of para-hydroxylation sites is 1. The molecule has 0 fully saturated rings. The highest BCUT2D eigenvalue weighted by Gasteiger charge is 2.12. The second-order valence-corrected chi connectivity index (χ2v) is 7.47. The van der Waals surface area contributed by atoms with E-state index in [1.165, 1.54) is 23.1 Å². The van der Waals surface area contributed by atoms with Gasteiger partial charge in [-0.25, -0.2) is 4.98 Å². The summed E-state index contributed by atoms with van der Waals surface area (Å²) in [4.78, 5) is 28.1. The third-order valence-electron chi connectivity index (χ3n) is 3.49. The summed E-state index contributed by atoms with van der Waals surface area (Å²) < 4.78 is 5.68. The van der Waals surface area contributed by atoms with Crippen molar-refractivity contribution in [3.8, 4) is 0 Å². The Balaban J connectivity index is 1.89. The lowest BCUT2D eigenvalue weighted by molar-refractivity contribution is -0.142. The van der Waals surface area contributed by atoms with Gasteiger partial charge in [0.15, 0.2) is 4.34 Å². The zero-order valence-electron chi connectivity index (χ0n) is 14.6. The minimum Gasteiger partial charge on any atom is -0.466 e. The van der Waals surface area contributed by atoms with Gasteiger partial charge in [-0.1, -0.05) is 36.9 Å². The van der Waals surface area contributed by atoms with Crippen LogP contribution < -0.4 is 5.32 Å². The molecule has 134 valence electrons. The Hall–Kier alpha value is -1.86. The fraction of sp³-hybridized carbons (Fsp3) is 0.389. The number of carbonyl (C=O) groups excluding carboxylic acids is 2. The quantitative estimate of drug-likeness (QED) is 0.558. The zero-order chi connectivity index (χ0) is 18.2. The molecule has 1 amide bonds. The van der Waals surface area contributed by atoms with Gasteiger partial charge in [0.05, 0.1) is 24.5 Å². The Kier molecular flexibility index (Phi) is 7.46. The van der Waals surface area contributed by atoms with Crippen LogP contribution in [0.5, 0.6) is 0 Å². The van der Waals surface area contributed by atoms with Gasteiger partial charge in [0.1, 0.15) is 0 Å². The molecule has 0 spiro atoms. The average molecular weight is 379 g/mol. The number of nitrogens with zero attached hydrogens (tertiary/aromatic N) is 1. The first-order valence-corrected chi connectivity index (χ1v) is 10.0. The van der Waals surface area contributed by atoms with Crippen molar-refractivity contribution >= 4 is 40.7 Å². The second kappa shape index (κ2) is 9.58. The SMILES string of the molecule is CCOC(=O)Cc1csc(SCC(=O)Nc2c(C)cccc2CC)n1. The van der Waals surface area contributed by atoms with Crippen LogP contribution in [0.4, 0.5) is 5.69 Å². The van der Waals surface area contributed by atoms with E-state index < -0.39 is 0 Å². The van der Waals surface area contributed by atoms with Crippen molar-refractivity contribution in [2.24, 2.45) is 0 Å². The van der Waals surface area contributed by atoms with Crippen LogP contribution in [-0.2, 0) is 27.2 Å². The monoisotopic (exact) mass is 378 g/mol. The highest BCUT2D eigenvalue weighted by Crippen LogP contribution is 2.25. The molecule has 1 aromatic heterocycles. The molecule has 1 aromatic carbocycles. The third-order valence-corrected chi connectivity index (χ3v) is 5.56. The van der Waals surface area contributed by atoms with Gasteiger partial charge in [-0.05, 0) is 31.4 Å². The van der Waals surface area contributed by atoms with E-state index in [4.69, 9.17) is 4.74 Å². The molecular formula is C18H22N2O3S2. The third kappa shape index (κ3) is 5.86. The van der Waals surface area contributed by atoms with Crippen molar-refractivity contribution in [1.82, 2.24) is 4.98 Å². The first kappa shape index (κ1) is 19.5. The summed E-state index contributed by atoms with van der Waals surface area (Å²) in [6.45, 7) is 6.20. The van der Waals surface area contributed by atoms with Crippen LogP contribution in [0.25, 0.3) is 0 Å². The average Bonchev–Trinajstić information content (AvgIpc) is 3.02. The lowest BCUT2D eigenvalue weighted by Crippen LogP contribution is -2.16. The Morgan fingerprint density at radius 1 is 1.32 bits per heavy atom. The number of esters is 1. The second-order valence-electron chi connectivity index (χ2n) is 5.39.